The van der Waals surface area contributed by atoms with Crippen molar-refractivity contribution in [2.45, 2.75) is 90.2 Å². The molecule has 3 saturated heterocycles. The van der Waals surface area contributed by atoms with Crippen LogP contribution in [0.1, 0.15) is 76.3 Å². The lowest BCUT2D eigenvalue weighted by atomic mass is 9.58. The van der Waals surface area contributed by atoms with Gasteiger partial charge in [0.05, 0.1) is 17.9 Å². The van der Waals surface area contributed by atoms with E-state index in [4.69, 9.17) is 4.65 Å². The Kier molecular flexibility index (Phi) is 9.93. The van der Waals surface area contributed by atoms with Gasteiger partial charge in [-0.25, -0.2) is 0 Å². The summed E-state index contributed by atoms with van der Waals surface area (Å²) in [5.74, 6) is -0.713. The summed E-state index contributed by atoms with van der Waals surface area (Å²) in [7, 11) is -0.962. The third-order valence-corrected chi connectivity index (χ3v) is 10.5. The standard InChI is InChI=1S/C37H47BN2O5/c1-3-10-28-22-30-35(37(43)40(36(30)42)29-17-19-39(20-18-29)24-26-11-6-5-7-12-26)31-23-38(44)45-33(34(28)31)16-15-25(4-2)21-27-13-8-9-14-32(27)41/h5-9,11-14,21,29-31,33,35,41,44H,3-4,10,15-20,22-24H2,1-2H3/b25-21+/t30-,31+,33-,35-/m1/s1. The summed E-state index contributed by atoms with van der Waals surface area (Å²) >= 11 is 0. The number of aromatic hydroxyl groups is 1. The molecule has 4 atom stereocenters. The van der Waals surface area contributed by atoms with Crippen molar-refractivity contribution in [2.75, 3.05) is 13.1 Å². The highest BCUT2D eigenvalue weighted by molar-refractivity contribution is 6.43. The van der Waals surface area contributed by atoms with Gasteiger partial charge >= 0.3 is 7.12 Å². The Morgan fingerprint density at radius 1 is 1.00 bits per heavy atom. The van der Waals surface area contributed by atoms with Crippen molar-refractivity contribution in [3.63, 3.8) is 0 Å². The monoisotopic (exact) mass is 610 g/mol. The zero-order chi connectivity index (χ0) is 31.5. The predicted molar refractivity (Wildman–Crippen MR) is 177 cm³/mol. The summed E-state index contributed by atoms with van der Waals surface area (Å²) in [6, 6.07) is 17.7. The van der Waals surface area contributed by atoms with E-state index in [1.807, 2.05) is 30.3 Å². The molecule has 2 aromatic rings. The molecule has 7 nitrogen and oxygen atoms in total. The minimum absolute atomic E-state index is 0.00411. The van der Waals surface area contributed by atoms with Gasteiger partial charge in [-0.1, -0.05) is 86.0 Å². The molecule has 8 heteroatoms. The average molecular weight is 611 g/mol. The van der Waals surface area contributed by atoms with Crippen LogP contribution in [0.5, 0.6) is 5.75 Å². The number of imide groups is 1. The van der Waals surface area contributed by atoms with E-state index in [-0.39, 0.29) is 41.5 Å². The van der Waals surface area contributed by atoms with E-state index < -0.39 is 13.0 Å². The molecular formula is C37H47BN2O5. The molecule has 238 valence electrons. The first-order chi connectivity index (χ1) is 21.9. The van der Waals surface area contributed by atoms with E-state index in [1.54, 1.807) is 11.0 Å². The van der Waals surface area contributed by atoms with Crippen LogP contribution in [0, 0.1) is 17.8 Å². The summed E-state index contributed by atoms with van der Waals surface area (Å²) in [5.41, 5.74) is 5.69. The number of phenolic OH excluding ortho intramolecular Hbond substituents is 1. The number of nitrogens with zero attached hydrogens (tertiary/aromatic N) is 2. The molecule has 3 fully saturated rings. The number of phenols is 1. The van der Waals surface area contributed by atoms with Crippen molar-refractivity contribution in [1.82, 2.24) is 9.80 Å². The fraction of sp³-hybridized carbons (Fsp3) is 0.514. The summed E-state index contributed by atoms with van der Waals surface area (Å²) < 4.78 is 6.22. The molecule has 2 amide bonds. The first-order valence-corrected chi connectivity index (χ1v) is 17.0. The van der Waals surface area contributed by atoms with Gasteiger partial charge in [0.2, 0.25) is 11.8 Å². The summed E-state index contributed by atoms with van der Waals surface area (Å²) in [5, 5.41) is 21.3. The second kappa shape index (κ2) is 14.1. The maximum absolute atomic E-state index is 14.2. The normalized spacial score (nSPS) is 26.4. The van der Waals surface area contributed by atoms with E-state index in [0.717, 1.165) is 63.7 Å². The summed E-state index contributed by atoms with van der Waals surface area (Å²) in [6.07, 6.45) is 8.44. The molecular weight excluding hydrogens is 563 g/mol. The maximum Gasteiger partial charge on any atom is 0.455 e. The molecule has 0 radical (unpaired) electrons. The fourth-order valence-corrected chi connectivity index (χ4v) is 8.36. The topological polar surface area (TPSA) is 90.3 Å². The number of allylic oxidation sites excluding steroid dienone is 2. The number of fused-ring (bicyclic) bond motifs is 3. The Hall–Kier alpha value is -3.20. The molecule has 0 bridgehead atoms. The van der Waals surface area contributed by atoms with Crippen LogP contribution in [0.25, 0.3) is 6.08 Å². The van der Waals surface area contributed by atoms with Gasteiger partial charge in [0.1, 0.15) is 5.75 Å². The number of benzene rings is 2. The van der Waals surface area contributed by atoms with Crippen molar-refractivity contribution in [3.05, 3.63) is 82.4 Å². The molecule has 3 aliphatic heterocycles. The zero-order valence-corrected chi connectivity index (χ0v) is 26.7. The van der Waals surface area contributed by atoms with Crippen LogP contribution in [-0.2, 0) is 20.8 Å². The van der Waals surface area contributed by atoms with Crippen LogP contribution in [0.2, 0.25) is 6.32 Å². The van der Waals surface area contributed by atoms with E-state index in [1.165, 1.54) is 22.3 Å². The van der Waals surface area contributed by atoms with Gasteiger partial charge in [0, 0.05) is 31.2 Å². The van der Waals surface area contributed by atoms with Crippen LogP contribution in [0.4, 0.5) is 0 Å². The number of likely N-dealkylation sites (tertiary alicyclic amines) is 2. The third-order valence-electron chi connectivity index (χ3n) is 10.5. The molecule has 0 saturated carbocycles. The number of hydrogen-bond acceptors (Lipinski definition) is 6. The molecule has 2 aromatic carbocycles. The Balaban J connectivity index is 1.19. The van der Waals surface area contributed by atoms with Gasteiger partial charge in [0.15, 0.2) is 0 Å². The highest BCUT2D eigenvalue weighted by atomic mass is 16.5. The number of carbonyl (C=O) groups excluding carboxylic acids is 2. The second-order valence-corrected chi connectivity index (χ2v) is 13.4. The van der Waals surface area contributed by atoms with Crippen molar-refractivity contribution in [3.8, 4) is 5.75 Å². The van der Waals surface area contributed by atoms with Crippen LogP contribution >= 0.6 is 0 Å². The molecule has 4 aliphatic rings. The number of carbonyl (C=O) groups is 2. The van der Waals surface area contributed by atoms with Crippen LogP contribution in [0.15, 0.2) is 71.3 Å². The lowest BCUT2D eigenvalue weighted by Gasteiger charge is -2.43. The van der Waals surface area contributed by atoms with E-state index in [2.05, 4.69) is 43.0 Å². The molecule has 45 heavy (non-hydrogen) atoms. The second-order valence-electron chi connectivity index (χ2n) is 13.4. The van der Waals surface area contributed by atoms with E-state index in [0.29, 0.717) is 19.2 Å². The van der Waals surface area contributed by atoms with Gasteiger partial charge in [-0.3, -0.25) is 19.4 Å². The highest BCUT2D eigenvalue weighted by Gasteiger charge is 2.58. The minimum Gasteiger partial charge on any atom is -0.507 e. The smallest absolute Gasteiger partial charge is 0.455 e. The molecule has 1 aliphatic carbocycles. The van der Waals surface area contributed by atoms with Crippen molar-refractivity contribution >= 4 is 25.0 Å². The van der Waals surface area contributed by atoms with Gasteiger partial charge in [-0.2, -0.15) is 0 Å². The Morgan fingerprint density at radius 2 is 1.73 bits per heavy atom. The summed E-state index contributed by atoms with van der Waals surface area (Å²) in [4.78, 5) is 32.3. The first kappa shape index (κ1) is 31.8. The van der Waals surface area contributed by atoms with Gasteiger partial charge in [-0.15, -0.1) is 0 Å². The SMILES string of the molecule is CCCC1=C2[C@@H](CC/C(=C/c3ccccc3O)CC)OB(O)C[C@@H]2[C@@H]2C(=O)N(C3CCN(Cc4ccccc4)CC3)C(=O)[C@@H]2C1. The Bertz CT molecular complexity index is 1430. The average Bonchev–Trinajstić information content (AvgIpc) is 3.29. The lowest BCUT2D eigenvalue weighted by Crippen LogP contribution is -2.48. The first-order valence-electron chi connectivity index (χ1n) is 17.0. The Labute approximate surface area is 268 Å². The van der Waals surface area contributed by atoms with Crippen molar-refractivity contribution < 1.29 is 24.4 Å². The van der Waals surface area contributed by atoms with Crippen LogP contribution < -0.4 is 0 Å². The zero-order valence-electron chi connectivity index (χ0n) is 26.7. The van der Waals surface area contributed by atoms with Crippen LogP contribution in [-0.4, -0.2) is 64.1 Å². The largest absolute Gasteiger partial charge is 0.507 e. The fourth-order valence-electron chi connectivity index (χ4n) is 8.36. The van der Waals surface area contributed by atoms with Gasteiger partial charge in [0.25, 0.3) is 0 Å². The molecule has 0 unspecified atom stereocenters. The highest BCUT2D eigenvalue weighted by Crippen LogP contribution is 2.52. The number of hydrogen-bond donors (Lipinski definition) is 2. The van der Waals surface area contributed by atoms with E-state index >= 15 is 0 Å². The lowest BCUT2D eigenvalue weighted by molar-refractivity contribution is -0.144. The molecule has 6 rings (SSSR count). The predicted octanol–water partition coefficient (Wildman–Crippen LogP) is 6.23. The molecule has 3 heterocycles. The number of para-hydroxylation sites is 1. The molecule has 0 spiro atoms. The Morgan fingerprint density at radius 3 is 2.44 bits per heavy atom. The van der Waals surface area contributed by atoms with Gasteiger partial charge < -0.3 is 14.8 Å². The number of amides is 2. The quantitative estimate of drug-likeness (QED) is 0.189. The number of rotatable bonds is 10. The van der Waals surface area contributed by atoms with E-state index in [9.17, 15) is 19.7 Å². The summed E-state index contributed by atoms with van der Waals surface area (Å²) in [6.45, 7) is 6.88. The molecule has 2 N–H and O–H groups in total. The minimum atomic E-state index is -0.962. The maximum atomic E-state index is 14.2. The number of piperidine rings is 1. The van der Waals surface area contributed by atoms with Gasteiger partial charge in [-0.05, 0) is 74.4 Å². The van der Waals surface area contributed by atoms with Crippen molar-refractivity contribution in [2.24, 2.45) is 17.8 Å². The van der Waals surface area contributed by atoms with Crippen LogP contribution in [0.3, 0.4) is 0 Å². The van der Waals surface area contributed by atoms with Crippen molar-refractivity contribution in [1.29, 1.82) is 0 Å². The molecule has 0 aromatic heterocycles. The third kappa shape index (κ3) is 6.69.